The number of piperidine rings is 1. The number of aliphatic hydroxyl groups excluding tert-OH is 1. The van der Waals surface area contributed by atoms with E-state index in [1.54, 1.807) is 0 Å². The number of hydrogen-bond donors (Lipinski definition) is 1. The van der Waals surface area contributed by atoms with Gasteiger partial charge in [0.2, 0.25) is 5.91 Å². The van der Waals surface area contributed by atoms with Gasteiger partial charge in [-0.3, -0.25) is 4.79 Å². The molecule has 2 aliphatic heterocycles. The molecule has 0 aromatic rings. The van der Waals surface area contributed by atoms with Crippen LogP contribution in [0.5, 0.6) is 0 Å². The Bertz CT molecular complexity index is 238. The van der Waals surface area contributed by atoms with E-state index in [4.69, 9.17) is 9.84 Å². The topological polar surface area (TPSA) is 49.8 Å². The van der Waals surface area contributed by atoms with Crippen molar-refractivity contribution in [3.8, 4) is 0 Å². The third kappa shape index (κ3) is 2.95. The third-order valence-electron chi connectivity index (χ3n) is 3.56. The standard InChI is InChI=1S/C12H21NO3/c14-9-10-3-1-5-13(8-10)12(15)7-11-4-2-6-16-11/h10-11,14H,1-9H2. The summed E-state index contributed by atoms with van der Waals surface area (Å²) in [5, 5.41) is 9.11. The fourth-order valence-electron chi connectivity index (χ4n) is 2.57. The Morgan fingerprint density at radius 3 is 2.94 bits per heavy atom. The van der Waals surface area contributed by atoms with Gasteiger partial charge >= 0.3 is 0 Å². The van der Waals surface area contributed by atoms with Gasteiger partial charge in [0.1, 0.15) is 0 Å². The zero-order chi connectivity index (χ0) is 11.4. The number of likely N-dealkylation sites (tertiary alicyclic amines) is 1. The molecule has 2 fully saturated rings. The molecule has 2 unspecified atom stereocenters. The largest absolute Gasteiger partial charge is 0.396 e. The van der Waals surface area contributed by atoms with E-state index in [1.165, 1.54) is 0 Å². The lowest BCUT2D eigenvalue weighted by Gasteiger charge is -2.32. The Morgan fingerprint density at radius 1 is 1.38 bits per heavy atom. The summed E-state index contributed by atoms with van der Waals surface area (Å²) in [4.78, 5) is 13.9. The first-order valence-corrected chi connectivity index (χ1v) is 6.30. The van der Waals surface area contributed by atoms with Crippen molar-refractivity contribution in [2.24, 2.45) is 5.92 Å². The molecule has 0 aromatic carbocycles. The van der Waals surface area contributed by atoms with Crippen molar-refractivity contribution >= 4 is 5.91 Å². The highest BCUT2D eigenvalue weighted by atomic mass is 16.5. The molecule has 2 rings (SSSR count). The van der Waals surface area contributed by atoms with Crippen molar-refractivity contribution in [3.63, 3.8) is 0 Å². The van der Waals surface area contributed by atoms with Crippen LogP contribution in [0, 0.1) is 5.92 Å². The molecule has 0 aliphatic carbocycles. The van der Waals surface area contributed by atoms with Crippen molar-refractivity contribution in [2.45, 2.75) is 38.2 Å². The SMILES string of the molecule is O=C(CC1CCCO1)N1CCCC(CO)C1. The van der Waals surface area contributed by atoms with Crippen molar-refractivity contribution in [1.82, 2.24) is 4.90 Å². The van der Waals surface area contributed by atoms with Crippen molar-refractivity contribution in [1.29, 1.82) is 0 Å². The smallest absolute Gasteiger partial charge is 0.225 e. The van der Waals surface area contributed by atoms with Crippen LogP contribution in [-0.2, 0) is 9.53 Å². The van der Waals surface area contributed by atoms with Crippen LogP contribution in [0.25, 0.3) is 0 Å². The monoisotopic (exact) mass is 227 g/mol. The molecular weight excluding hydrogens is 206 g/mol. The molecule has 16 heavy (non-hydrogen) atoms. The Balaban J connectivity index is 1.79. The van der Waals surface area contributed by atoms with Crippen LogP contribution in [0.1, 0.15) is 32.1 Å². The van der Waals surface area contributed by atoms with Crippen molar-refractivity contribution in [2.75, 3.05) is 26.3 Å². The maximum Gasteiger partial charge on any atom is 0.225 e. The van der Waals surface area contributed by atoms with Crippen LogP contribution in [0.3, 0.4) is 0 Å². The average molecular weight is 227 g/mol. The Labute approximate surface area is 96.6 Å². The van der Waals surface area contributed by atoms with E-state index >= 15 is 0 Å². The normalized spacial score (nSPS) is 30.7. The quantitative estimate of drug-likeness (QED) is 0.775. The number of carbonyl (C=O) groups is 1. The molecule has 0 aromatic heterocycles. The van der Waals surface area contributed by atoms with Crippen molar-refractivity contribution in [3.05, 3.63) is 0 Å². The molecule has 1 amide bonds. The fourth-order valence-corrected chi connectivity index (χ4v) is 2.57. The predicted octanol–water partition coefficient (Wildman–Crippen LogP) is 0.786. The number of hydrogen-bond acceptors (Lipinski definition) is 3. The van der Waals surface area contributed by atoms with Crippen LogP contribution in [0.2, 0.25) is 0 Å². The summed E-state index contributed by atoms with van der Waals surface area (Å²) in [5.41, 5.74) is 0. The highest BCUT2D eigenvalue weighted by molar-refractivity contribution is 5.76. The summed E-state index contributed by atoms with van der Waals surface area (Å²) in [6, 6.07) is 0. The molecule has 4 nitrogen and oxygen atoms in total. The number of aliphatic hydroxyl groups is 1. The number of nitrogens with zero attached hydrogens (tertiary/aromatic N) is 1. The maximum atomic E-state index is 12.0. The fraction of sp³-hybridized carbons (Fsp3) is 0.917. The van der Waals surface area contributed by atoms with E-state index in [-0.39, 0.29) is 24.5 Å². The second kappa shape index (κ2) is 5.64. The summed E-state index contributed by atoms with van der Waals surface area (Å²) >= 11 is 0. The first kappa shape index (κ1) is 11.9. The van der Waals surface area contributed by atoms with Crippen LogP contribution in [-0.4, -0.2) is 48.3 Å². The van der Waals surface area contributed by atoms with Gasteiger partial charge in [-0.05, 0) is 31.6 Å². The summed E-state index contributed by atoms with van der Waals surface area (Å²) in [5.74, 6) is 0.479. The average Bonchev–Trinajstić information content (AvgIpc) is 2.82. The van der Waals surface area contributed by atoms with Gasteiger partial charge < -0.3 is 14.7 Å². The van der Waals surface area contributed by atoms with Crippen molar-refractivity contribution < 1.29 is 14.6 Å². The number of rotatable bonds is 3. The van der Waals surface area contributed by atoms with Gasteiger partial charge in [-0.15, -0.1) is 0 Å². The van der Waals surface area contributed by atoms with Crippen LogP contribution in [0.15, 0.2) is 0 Å². The van der Waals surface area contributed by atoms with Gasteiger partial charge in [-0.1, -0.05) is 0 Å². The summed E-state index contributed by atoms with van der Waals surface area (Å²) in [6.07, 6.45) is 4.82. The van der Waals surface area contributed by atoms with Gasteiger partial charge in [0, 0.05) is 26.3 Å². The first-order chi connectivity index (χ1) is 7.79. The van der Waals surface area contributed by atoms with Crippen LogP contribution < -0.4 is 0 Å². The third-order valence-corrected chi connectivity index (χ3v) is 3.56. The summed E-state index contributed by atoms with van der Waals surface area (Å²) in [6.45, 7) is 2.57. The van der Waals surface area contributed by atoms with E-state index in [2.05, 4.69) is 0 Å². The number of ether oxygens (including phenoxy) is 1. The Morgan fingerprint density at radius 2 is 2.25 bits per heavy atom. The summed E-state index contributed by atoms with van der Waals surface area (Å²) < 4.78 is 5.47. The van der Waals surface area contributed by atoms with E-state index in [0.717, 1.165) is 45.4 Å². The lowest BCUT2D eigenvalue weighted by atomic mass is 9.98. The lowest BCUT2D eigenvalue weighted by molar-refractivity contribution is -0.135. The molecule has 2 aliphatic rings. The minimum Gasteiger partial charge on any atom is -0.396 e. The molecule has 2 atom stereocenters. The molecule has 0 saturated carbocycles. The second-order valence-corrected chi connectivity index (χ2v) is 4.87. The maximum absolute atomic E-state index is 12.0. The highest BCUT2D eigenvalue weighted by Gasteiger charge is 2.26. The first-order valence-electron chi connectivity index (χ1n) is 6.30. The molecule has 2 saturated heterocycles. The number of amides is 1. The van der Waals surface area contributed by atoms with Gasteiger partial charge in [0.05, 0.1) is 12.5 Å². The van der Waals surface area contributed by atoms with Crippen LogP contribution in [0.4, 0.5) is 0 Å². The Kier molecular flexibility index (Phi) is 4.18. The molecule has 2 heterocycles. The number of carbonyl (C=O) groups excluding carboxylic acids is 1. The van der Waals surface area contributed by atoms with Gasteiger partial charge in [0.25, 0.3) is 0 Å². The molecule has 0 radical (unpaired) electrons. The van der Waals surface area contributed by atoms with Gasteiger partial charge in [0.15, 0.2) is 0 Å². The van der Waals surface area contributed by atoms with Crippen LogP contribution >= 0.6 is 0 Å². The minimum absolute atomic E-state index is 0.141. The van der Waals surface area contributed by atoms with Gasteiger partial charge in [-0.25, -0.2) is 0 Å². The summed E-state index contributed by atoms with van der Waals surface area (Å²) in [7, 11) is 0. The zero-order valence-electron chi connectivity index (χ0n) is 9.73. The second-order valence-electron chi connectivity index (χ2n) is 4.87. The molecule has 0 bridgehead atoms. The molecule has 92 valence electrons. The predicted molar refractivity (Wildman–Crippen MR) is 60.0 cm³/mol. The highest BCUT2D eigenvalue weighted by Crippen LogP contribution is 2.20. The molecule has 0 spiro atoms. The molecule has 1 N–H and O–H groups in total. The van der Waals surface area contributed by atoms with E-state index in [9.17, 15) is 4.79 Å². The van der Waals surface area contributed by atoms with E-state index < -0.39 is 0 Å². The Hall–Kier alpha value is -0.610. The molecule has 4 heteroatoms. The minimum atomic E-state index is 0.141. The van der Waals surface area contributed by atoms with Gasteiger partial charge in [-0.2, -0.15) is 0 Å². The van der Waals surface area contributed by atoms with E-state index in [0.29, 0.717) is 6.42 Å². The lowest BCUT2D eigenvalue weighted by Crippen LogP contribution is -2.42. The van der Waals surface area contributed by atoms with E-state index in [1.807, 2.05) is 4.90 Å². The zero-order valence-corrected chi connectivity index (χ0v) is 9.73. The molecular formula is C12H21NO3.